The van der Waals surface area contributed by atoms with Gasteiger partial charge in [-0.1, -0.05) is 0 Å². The first-order valence-corrected chi connectivity index (χ1v) is 6.37. The van der Waals surface area contributed by atoms with Gasteiger partial charge in [0.2, 0.25) is 13.1 Å². The molecule has 1 N–H and O–H groups in total. The van der Waals surface area contributed by atoms with Crippen LogP contribution >= 0.6 is 0 Å². The maximum atomic E-state index is 10.9. The van der Waals surface area contributed by atoms with E-state index in [2.05, 4.69) is 4.98 Å². The molecular weight excluding hydrogens is 294 g/mol. The zero-order chi connectivity index (χ0) is 16.4. The van der Waals surface area contributed by atoms with E-state index in [1.165, 1.54) is 20.3 Å². The summed E-state index contributed by atoms with van der Waals surface area (Å²) in [4.78, 5) is 23.7. The average molecular weight is 309 g/mol. The molecule has 2 rings (SSSR count). The van der Waals surface area contributed by atoms with Crippen molar-refractivity contribution in [2.24, 2.45) is 0 Å². The van der Waals surface area contributed by atoms with Crippen molar-refractivity contribution in [3.8, 4) is 11.5 Å². The van der Waals surface area contributed by atoms with Gasteiger partial charge in [-0.05, 0) is 12.5 Å². The highest BCUT2D eigenvalue weighted by Gasteiger charge is 2.23. The Morgan fingerprint density at radius 2 is 1.68 bits per heavy atom. The molecule has 0 amide bonds. The van der Waals surface area contributed by atoms with Gasteiger partial charge in [-0.15, -0.1) is 0 Å². The van der Waals surface area contributed by atoms with Crippen molar-refractivity contribution in [2.45, 2.75) is 20.0 Å². The first kappa shape index (κ1) is 15.5. The molecule has 0 radical (unpaired) electrons. The lowest BCUT2D eigenvalue weighted by Gasteiger charge is -2.11. The summed E-state index contributed by atoms with van der Waals surface area (Å²) in [7, 11) is 2.86. The molecule has 2 aromatic rings. The lowest BCUT2D eigenvalue weighted by Crippen LogP contribution is -2.03. The fourth-order valence-electron chi connectivity index (χ4n) is 2.53. The van der Waals surface area contributed by atoms with Gasteiger partial charge >= 0.3 is 0 Å². The summed E-state index contributed by atoms with van der Waals surface area (Å²) in [6.07, 6.45) is 0. The lowest BCUT2D eigenvalue weighted by atomic mass is 10.0. The summed E-state index contributed by atoms with van der Waals surface area (Å²) in [5.74, 6) is 0.729. The van der Waals surface area contributed by atoms with E-state index in [1.54, 1.807) is 6.92 Å². The number of rotatable bonds is 6. The minimum absolute atomic E-state index is 0.316. The molecule has 0 saturated heterocycles. The Bertz CT molecular complexity index is 752. The molecule has 0 atom stereocenters. The molecule has 1 aromatic heterocycles. The third kappa shape index (κ3) is 2.65. The van der Waals surface area contributed by atoms with E-state index in [9.17, 15) is 20.2 Å². The van der Waals surface area contributed by atoms with Crippen LogP contribution in [0.4, 0.5) is 0 Å². The van der Waals surface area contributed by atoms with E-state index in [0.29, 0.717) is 39.2 Å². The second kappa shape index (κ2) is 5.88. The van der Waals surface area contributed by atoms with Gasteiger partial charge in [-0.3, -0.25) is 20.2 Å². The number of hydrogen-bond acceptors (Lipinski definition) is 6. The van der Waals surface area contributed by atoms with Gasteiger partial charge in [-0.2, -0.15) is 0 Å². The minimum Gasteiger partial charge on any atom is -0.496 e. The first-order valence-electron chi connectivity index (χ1n) is 6.37. The fraction of sp³-hybridized carbons (Fsp3) is 0.385. The van der Waals surface area contributed by atoms with Crippen molar-refractivity contribution >= 4 is 10.9 Å². The number of benzene rings is 1. The van der Waals surface area contributed by atoms with Crippen LogP contribution in [0.3, 0.4) is 0 Å². The Kier molecular flexibility index (Phi) is 4.15. The van der Waals surface area contributed by atoms with Crippen molar-refractivity contribution in [2.75, 3.05) is 14.2 Å². The van der Waals surface area contributed by atoms with Gasteiger partial charge < -0.3 is 14.5 Å². The van der Waals surface area contributed by atoms with Crippen molar-refractivity contribution < 1.29 is 19.3 Å². The Morgan fingerprint density at radius 1 is 1.09 bits per heavy atom. The van der Waals surface area contributed by atoms with Crippen molar-refractivity contribution in [3.05, 3.63) is 43.1 Å². The van der Waals surface area contributed by atoms with Crippen molar-refractivity contribution in [1.29, 1.82) is 0 Å². The summed E-state index contributed by atoms with van der Waals surface area (Å²) in [5.41, 5.74) is 1.83. The molecule has 0 unspecified atom stereocenters. The van der Waals surface area contributed by atoms with Crippen LogP contribution in [-0.2, 0) is 13.1 Å². The number of aromatic amines is 1. The number of ether oxygens (including phenoxy) is 2. The second-order valence-corrected chi connectivity index (χ2v) is 4.72. The zero-order valence-electron chi connectivity index (χ0n) is 12.3. The number of aryl methyl sites for hydroxylation is 1. The molecule has 9 heteroatoms. The van der Waals surface area contributed by atoms with Gasteiger partial charge in [0.25, 0.3) is 0 Å². The van der Waals surface area contributed by atoms with Crippen LogP contribution in [-0.4, -0.2) is 29.1 Å². The molecule has 0 aliphatic rings. The van der Waals surface area contributed by atoms with E-state index >= 15 is 0 Å². The predicted octanol–water partition coefficient (Wildman–Crippen LogP) is 2.05. The number of aromatic nitrogens is 1. The molecule has 0 spiro atoms. The van der Waals surface area contributed by atoms with Crippen LogP contribution in [0.5, 0.6) is 11.5 Å². The highest BCUT2D eigenvalue weighted by atomic mass is 16.6. The van der Waals surface area contributed by atoms with E-state index in [-0.39, 0.29) is 0 Å². The monoisotopic (exact) mass is 309 g/mol. The third-order valence-electron chi connectivity index (χ3n) is 3.48. The van der Waals surface area contributed by atoms with E-state index in [1.807, 2.05) is 0 Å². The third-order valence-corrected chi connectivity index (χ3v) is 3.48. The largest absolute Gasteiger partial charge is 0.496 e. The van der Waals surface area contributed by atoms with E-state index < -0.39 is 22.9 Å². The second-order valence-electron chi connectivity index (χ2n) is 4.72. The number of nitro groups is 2. The van der Waals surface area contributed by atoms with Gasteiger partial charge in [0.05, 0.1) is 31.0 Å². The van der Waals surface area contributed by atoms with E-state index in [0.717, 1.165) is 0 Å². The SMILES string of the molecule is COc1cc(OC)c2[nH]c(C[N+](=O)[O-])c(C)c2c1C[N+](=O)[O-]. The van der Waals surface area contributed by atoms with Crippen LogP contribution in [0.1, 0.15) is 16.8 Å². The summed E-state index contributed by atoms with van der Waals surface area (Å²) in [5, 5.41) is 22.2. The molecule has 118 valence electrons. The highest BCUT2D eigenvalue weighted by Crippen LogP contribution is 2.38. The molecule has 0 saturated carbocycles. The van der Waals surface area contributed by atoms with E-state index in [4.69, 9.17) is 9.47 Å². The number of hydrogen-bond donors (Lipinski definition) is 1. The standard InChI is InChI=1S/C13H15N3O6/c1-7-9(6-16(19)20)14-13-11(22-3)4-10(21-2)8(12(7)13)5-15(17)18/h4,14H,5-6H2,1-3H3. The quantitative estimate of drug-likeness (QED) is 0.644. The Balaban J connectivity index is 2.81. The molecule has 1 aromatic carbocycles. The summed E-state index contributed by atoms with van der Waals surface area (Å²) in [6, 6.07) is 1.53. The molecule has 22 heavy (non-hydrogen) atoms. The van der Waals surface area contributed by atoms with Gasteiger partial charge in [-0.25, -0.2) is 0 Å². The number of nitrogens with zero attached hydrogens (tertiary/aromatic N) is 2. The number of nitrogens with one attached hydrogen (secondary N) is 1. The molecular formula is C13H15N3O6. The molecule has 0 aliphatic carbocycles. The van der Waals surface area contributed by atoms with Crippen LogP contribution in [0.15, 0.2) is 6.07 Å². The first-order chi connectivity index (χ1) is 10.4. The van der Waals surface area contributed by atoms with Crippen LogP contribution < -0.4 is 9.47 Å². The Labute approximate surface area is 125 Å². The Hall–Kier alpha value is -2.84. The van der Waals surface area contributed by atoms with Crippen molar-refractivity contribution in [1.82, 2.24) is 4.98 Å². The summed E-state index contributed by atoms with van der Waals surface area (Å²) in [6.45, 7) is 0.837. The predicted molar refractivity (Wildman–Crippen MR) is 77.5 cm³/mol. The molecule has 0 bridgehead atoms. The lowest BCUT2D eigenvalue weighted by molar-refractivity contribution is -0.497. The summed E-state index contributed by atoms with van der Waals surface area (Å²) >= 11 is 0. The normalized spacial score (nSPS) is 10.7. The van der Waals surface area contributed by atoms with Crippen LogP contribution in [0.2, 0.25) is 0 Å². The summed E-state index contributed by atoms with van der Waals surface area (Å²) < 4.78 is 10.5. The average Bonchev–Trinajstić information content (AvgIpc) is 2.75. The zero-order valence-corrected chi connectivity index (χ0v) is 12.3. The maximum Gasteiger partial charge on any atom is 0.243 e. The van der Waals surface area contributed by atoms with Gasteiger partial charge in [0, 0.05) is 21.3 Å². The minimum atomic E-state index is -0.469. The molecule has 0 fully saturated rings. The van der Waals surface area contributed by atoms with Gasteiger partial charge in [0.1, 0.15) is 11.5 Å². The Morgan fingerprint density at radius 3 is 2.18 bits per heavy atom. The number of fused-ring (bicyclic) bond motifs is 1. The fourth-order valence-corrected chi connectivity index (χ4v) is 2.53. The number of methoxy groups -OCH3 is 2. The van der Waals surface area contributed by atoms with Crippen molar-refractivity contribution in [3.63, 3.8) is 0 Å². The number of H-pyrrole nitrogens is 1. The van der Waals surface area contributed by atoms with Crippen LogP contribution in [0, 0.1) is 27.2 Å². The maximum absolute atomic E-state index is 10.9. The molecule has 1 heterocycles. The highest BCUT2D eigenvalue weighted by molar-refractivity contribution is 5.94. The smallest absolute Gasteiger partial charge is 0.243 e. The molecule has 9 nitrogen and oxygen atoms in total. The van der Waals surface area contributed by atoms with Crippen LogP contribution in [0.25, 0.3) is 10.9 Å². The van der Waals surface area contributed by atoms with Gasteiger partial charge in [0.15, 0.2) is 0 Å². The topological polar surface area (TPSA) is 121 Å². The molecule has 0 aliphatic heterocycles.